The highest BCUT2D eigenvalue weighted by Gasteiger charge is 2.40. The fourth-order valence-electron chi connectivity index (χ4n) is 12.0. The topological polar surface area (TPSA) is 577 Å². The van der Waals surface area contributed by atoms with Crippen molar-refractivity contribution in [2.45, 2.75) is 289 Å². The van der Waals surface area contributed by atoms with Gasteiger partial charge in [0, 0.05) is 32.9 Å². The zero-order valence-corrected chi connectivity index (χ0v) is 63.4. The molecule has 2 rings (SSSR count). The molecule has 0 radical (unpaired) electrons. The van der Waals surface area contributed by atoms with Gasteiger partial charge in [-0.05, 0) is 127 Å². The zero-order chi connectivity index (χ0) is 79.8. The van der Waals surface area contributed by atoms with E-state index in [1.54, 1.807) is 27.7 Å². The molecule has 2 aliphatic heterocycles. The van der Waals surface area contributed by atoms with Gasteiger partial charge in [-0.3, -0.25) is 76.7 Å². The molecule has 106 heavy (non-hydrogen) atoms. The number of amides is 16. The van der Waals surface area contributed by atoms with Crippen LogP contribution < -0.4 is 92.1 Å². The van der Waals surface area contributed by atoms with Gasteiger partial charge < -0.3 is 107 Å². The largest absolute Gasteiger partial charge is 0.394 e. The molecule has 0 aromatic rings. The number of aliphatic hydroxyl groups is 2. The maximum atomic E-state index is 14.7. The molecule has 0 aromatic carbocycles. The van der Waals surface area contributed by atoms with Gasteiger partial charge in [-0.25, -0.2) is 0 Å². The van der Waals surface area contributed by atoms with Gasteiger partial charge in [0.25, 0.3) is 0 Å². The molecule has 2 heterocycles. The second-order valence-electron chi connectivity index (χ2n) is 27.9. The first kappa shape index (κ1) is 93.4. The van der Waals surface area contributed by atoms with Crippen molar-refractivity contribution in [1.82, 2.24) is 74.0 Å². The third-order valence-corrected chi connectivity index (χ3v) is 19.0. The number of likely N-dealkylation sites (tertiary alicyclic amines) is 1. The lowest BCUT2D eigenvalue weighted by Crippen LogP contribution is -2.62. The van der Waals surface area contributed by atoms with Crippen molar-refractivity contribution in [3.8, 4) is 0 Å². The summed E-state index contributed by atoms with van der Waals surface area (Å²) in [6.07, 6.45) is 4.19. The van der Waals surface area contributed by atoms with Crippen LogP contribution in [0.5, 0.6) is 0 Å². The fourth-order valence-corrected chi connectivity index (χ4v) is 12.0. The van der Waals surface area contributed by atoms with Gasteiger partial charge in [-0.15, -0.1) is 0 Å². The van der Waals surface area contributed by atoms with Gasteiger partial charge in [0.05, 0.1) is 13.2 Å². The van der Waals surface area contributed by atoms with Crippen LogP contribution in [0.3, 0.4) is 0 Å². The van der Waals surface area contributed by atoms with E-state index >= 15 is 0 Å². The standard InChI is InChI=1S/C70H124N18O18/c1-10-14-23-43(58(74)94)76-59(95)45(25-16-19-33-71)77-60(96)44(24-15-11-2)78-65(101)50(37-89)84-70(106)57(41(8)13-4)87-64(100)47-27-18-21-35-75-54(93)32-30-49(61(97)79-48(29-31-53(73)92)62(98)83-51(38-90)66(102)85-55(39(5)6)68(104)81-47)82-69(105)56(40(7)12-3)86-63(99)46(26-17-20-34-72)80-67(103)52-28-22-36-88(52)42(9)91/h39-41,43-52,55-57,89-90H,10-38,71-72H2,1-9H3,(H2,73,92)(H2,74,94)(H,75,93)(H,76,95)(H,77,96)(H,78,101)(H,79,97)(H,80,103)(H,81,104)(H,82,105)(H,83,98)(H,84,106)(H,85,102)(H,86,99)(H,87,100)/t40-,41-,43?,44?,45-,46-,47-,48-,49-,50-,51-,52-,55-,56-,57-/m0/s1. The summed E-state index contributed by atoms with van der Waals surface area (Å²) in [6.45, 7) is 13.6. The Hall–Kier alpha value is -8.64. The van der Waals surface area contributed by atoms with Crippen molar-refractivity contribution < 1.29 is 86.9 Å². The molecule has 36 nitrogen and oxygen atoms in total. The van der Waals surface area contributed by atoms with Gasteiger partial charge in [-0.2, -0.15) is 0 Å². The predicted molar refractivity (Wildman–Crippen MR) is 390 cm³/mol. The van der Waals surface area contributed by atoms with Gasteiger partial charge in [0.15, 0.2) is 0 Å². The zero-order valence-electron chi connectivity index (χ0n) is 63.4. The van der Waals surface area contributed by atoms with E-state index in [4.69, 9.17) is 22.9 Å². The van der Waals surface area contributed by atoms with E-state index in [0.29, 0.717) is 83.7 Å². The number of carbonyl (C=O) groups excluding carboxylic acids is 16. The van der Waals surface area contributed by atoms with Crippen molar-refractivity contribution in [1.29, 1.82) is 0 Å². The molecule has 0 aromatic heterocycles. The number of unbranched alkanes of at least 4 members (excludes halogenated alkanes) is 4. The second kappa shape index (κ2) is 50.0. The number of hydrogen-bond donors (Lipinski definition) is 19. The number of aliphatic hydroxyl groups excluding tert-OH is 2. The number of nitrogens with zero attached hydrogens (tertiary/aromatic N) is 1. The normalized spacial score (nSPS) is 21.2. The highest BCUT2D eigenvalue weighted by atomic mass is 16.3. The summed E-state index contributed by atoms with van der Waals surface area (Å²) in [7, 11) is 0. The average Bonchev–Trinajstić information content (AvgIpc) is 1.48. The maximum Gasteiger partial charge on any atom is 0.245 e. The van der Waals surface area contributed by atoms with E-state index in [2.05, 4.69) is 69.1 Å². The number of rotatable bonds is 41. The summed E-state index contributed by atoms with van der Waals surface area (Å²) in [6, 6.07) is -18.3. The third kappa shape index (κ3) is 32.6. The predicted octanol–water partition coefficient (Wildman–Crippen LogP) is -3.98. The summed E-state index contributed by atoms with van der Waals surface area (Å²) < 4.78 is 0. The number of primary amides is 2. The van der Waals surface area contributed by atoms with E-state index in [-0.39, 0.29) is 70.4 Å². The van der Waals surface area contributed by atoms with Crippen LogP contribution in [0.25, 0.3) is 0 Å². The minimum atomic E-state index is -1.85. The average molecular weight is 1510 g/mol. The molecule has 23 N–H and O–H groups in total. The Kier molecular flexibility index (Phi) is 44.1. The van der Waals surface area contributed by atoms with Crippen molar-refractivity contribution in [2.24, 2.45) is 40.7 Å². The monoisotopic (exact) mass is 1500 g/mol. The smallest absolute Gasteiger partial charge is 0.245 e. The molecule has 0 aliphatic carbocycles. The van der Waals surface area contributed by atoms with Crippen LogP contribution in [0, 0.1) is 17.8 Å². The Morgan fingerprint density at radius 1 is 0.528 bits per heavy atom. The van der Waals surface area contributed by atoms with Gasteiger partial charge in [-0.1, -0.05) is 93.9 Å². The quantitative estimate of drug-likeness (QED) is 0.0260. The Morgan fingerprint density at radius 3 is 1.56 bits per heavy atom. The van der Waals surface area contributed by atoms with E-state index in [1.807, 2.05) is 13.8 Å². The molecule has 2 unspecified atom stereocenters. The maximum absolute atomic E-state index is 14.7. The first-order valence-electron chi connectivity index (χ1n) is 37.7. The molecule has 36 heteroatoms. The number of nitrogens with two attached hydrogens (primary N) is 4. The molecule has 15 atom stereocenters. The van der Waals surface area contributed by atoms with Crippen molar-refractivity contribution >= 4 is 94.5 Å². The highest BCUT2D eigenvalue weighted by molar-refractivity contribution is 6.00. The molecule has 0 bridgehead atoms. The van der Waals surface area contributed by atoms with E-state index in [9.17, 15) is 86.9 Å². The lowest BCUT2D eigenvalue weighted by molar-refractivity contribution is -0.139. The van der Waals surface area contributed by atoms with E-state index < -0.39 is 224 Å². The lowest BCUT2D eigenvalue weighted by Gasteiger charge is -2.30. The summed E-state index contributed by atoms with van der Waals surface area (Å²) in [5.41, 5.74) is 22.5. The Labute approximate surface area is 621 Å². The SMILES string of the molecule is CCCCC(NC(=O)[C@H](CCCCN)NC(=O)C(CCCC)NC(=O)[C@H](CO)NC(=O)[C@@H](NC(=O)[C@@H]1CCCCNC(=O)CC[C@H](NC(=O)[C@@H](NC(=O)[C@H](CCCCN)NC(=O)[C@@H]2CCCN2C(C)=O)[C@@H](C)CC)C(=O)N[C@@H](CCC(N)=O)C(=O)N[C@@H](CO)C(=O)N[C@@H](C(C)C)C(=O)N1)[C@@H](C)CC)C(N)=O. The van der Waals surface area contributed by atoms with E-state index in [0.717, 1.165) is 0 Å². The molecular weight excluding hydrogens is 1380 g/mol. The highest BCUT2D eigenvalue weighted by Crippen LogP contribution is 2.20. The van der Waals surface area contributed by atoms with Crippen LogP contribution in [0.2, 0.25) is 0 Å². The van der Waals surface area contributed by atoms with Crippen LogP contribution >= 0.6 is 0 Å². The molecule has 0 saturated carbocycles. The molecule has 602 valence electrons. The number of carbonyl (C=O) groups is 16. The Balaban J connectivity index is 2.59. The van der Waals surface area contributed by atoms with Crippen LogP contribution in [-0.2, 0) is 76.7 Å². The van der Waals surface area contributed by atoms with E-state index in [1.165, 1.54) is 25.7 Å². The second-order valence-corrected chi connectivity index (χ2v) is 27.9. The molecule has 16 amide bonds. The Bertz CT molecular complexity index is 2930. The van der Waals surface area contributed by atoms with Crippen LogP contribution in [-0.4, -0.2) is 228 Å². The lowest BCUT2D eigenvalue weighted by atomic mass is 9.96. The molecule has 2 fully saturated rings. The fraction of sp³-hybridized carbons (Fsp3) is 0.771. The molecule has 2 aliphatic rings. The summed E-state index contributed by atoms with van der Waals surface area (Å²) in [4.78, 5) is 223. The van der Waals surface area contributed by atoms with Crippen LogP contribution in [0.4, 0.5) is 0 Å². The van der Waals surface area contributed by atoms with Crippen molar-refractivity contribution in [2.75, 3.05) is 39.4 Å². The minimum absolute atomic E-state index is 0.0593. The van der Waals surface area contributed by atoms with Gasteiger partial charge in [0.2, 0.25) is 94.5 Å². The summed E-state index contributed by atoms with van der Waals surface area (Å²) in [5.74, 6) is -15.6. The molecular formula is C70H124N18O18. The van der Waals surface area contributed by atoms with Gasteiger partial charge in [0.1, 0.15) is 78.5 Å². The first-order valence-corrected chi connectivity index (χ1v) is 37.7. The molecule has 2 saturated heterocycles. The van der Waals surface area contributed by atoms with Crippen molar-refractivity contribution in [3.63, 3.8) is 0 Å². The first-order chi connectivity index (χ1) is 50.3. The summed E-state index contributed by atoms with van der Waals surface area (Å²) >= 11 is 0. The molecule has 0 spiro atoms. The number of hydrogen-bond acceptors (Lipinski definition) is 20. The summed E-state index contributed by atoms with van der Waals surface area (Å²) in [5, 5.41) is 55.0. The Morgan fingerprint density at radius 2 is 1.04 bits per heavy atom. The minimum Gasteiger partial charge on any atom is -0.394 e. The van der Waals surface area contributed by atoms with Crippen LogP contribution in [0.15, 0.2) is 0 Å². The third-order valence-electron chi connectivity index (χ3n) is 19.0. The number of nitrogens with one attached hydrogen (secondary N) is 13. The van der Waals surface area contributed by atoms with Crippen molar-refractivity contribution in [3.05, 3.63) is 0 Å². The van der Waals surface area contributed by atoms with Gasteiger partial charge >= 0.3 is 0 Å². The van der Waals surface area contributed by atoms with Crippen LogP contribution in [0.1, 0.15) is 210 Å².